The minimum Gasteiger partial charge on any atom is -0.363 e. The number of rotatable bonds is 6. The lowest BCUT2D eigenvalue weighted by atomic mass is 10.1. The first-order valence-corrected chi connectivity index (χ1v) is 10.8. The number of likely N-dealkylation sites (tertiary alicyclic amines) is 1. The molecule has 0 N–H and O–H groups in total. The third kappa shape index (κ3) is 4.79. The molecule has 0 aliphatic carbocycles. The standard InChI is InChI=1S/C25H23Cl2N3/c1-28-25-12-11-21(15-24(25)27)30(17-20-9-5-6-10-23(20)26)22-13-14-29(18-22)16-19-7-3-2-4-8-19/h2-12,15,22H,13-14,16-18H2/t22-/m0/s1. The first kappa shape index (κ1) is 20.8. The highest BCUT2D eigenvalue weighted by Gasteiger charge is 2.28. The van der Waals surface area contributed by atoms with Gasteiger partial charge in [-0.05, 0) is 35.7 Å². The molecule has 0 amide bonds. The fourth-order valence-corrected chi connectivity index (χ4v) is 4.47. The van der Waals surface area contributed by atoms with E-state index in [-0.39, 0.29) is 0 Å². The first-order chi connectivity index (χ1) is 14.6. The molecule has 0 aromatic heterocycles. The van der Waals surface area contributed by atoms with E-state index in [0.717, 1.165) is 42.3 Å². The monoisotopic (exact) mass is 435 g/mol. The summed E-state index contributed by atoms with van der Waals surface area (Å²) < 4.78 is 0. The van der Waals surface area contributed by atoms with Crippen LogP contribution in [0.5, 0.6) is 0 Å². The Morgan fingerprint density at radius 2 is 1.73 bits per heavy atom. The van der Waals surface area contributed by atoms with Gasteiger partial charge in [0.25, 0.3) is 0 Å². The second-order valence-corrected chi connectivity index (χ2v) is 8.44. The highest BCUT2D eigenvalue weighted by Crippen LogP contribution is 2.33. The maximum absolute atomic E-state index is 7.27. The van der Waals surface area contributed by atoms with Crippen molar-refractivity contribution in [2.24, 2.45) is 0 Å². The zero-order valence-electron chi connectivity index (χ0n) is 16.6. The van der Waals surface area contributed by atoms with Gasteiger partial charge in [0.1, 0.15) is 0 Å². The third-order valence-electron chi connectivity index (χ3n) is 5.62. The molecule has 0 saturated carbocycles. The van der Waals surface area contributed by atoms with Crippen LogP contribution in [0, 0.1) is 6.57 Å². The van der Waals surface area contributed by atoms with Gasteiger partial charge in [-0.2, -0.15) is 0 Å². The molecule has 0 radical (unpaired) electrons. The molecule has 3 aromatic rings. The van der Waals surface area contributed by atoms with E-state index in [1.165, 1.54) is 5.56 Å². The van der Waals surface area contributed by atoms with Crippen LogP contribution >= 0.6 is 23.2 Å². The third-order valence-corrected chi connectivity index (χ3v) is 6.29. The lowest BCUT2D eigenvalue weighted by Gasteiger charge is -2.32. The Hall–Kier alpha value is -2.51. The molecule has 1 saturated heterocycles. The van der Waals surface area contributed by atoms with Gasteiger partial charge in [0.2, 0.25) is 5.69 Å². The SMILES string of the molecule is [C-]#[N+]c1ccc(N(Cc2ccccc2Cl)[C@H]2CCN(Cc3ccccc3)C2)cc1Cl. The second-order valence-electron chi connectivity index (χ2n) is 7.63. The fraction of sp³-hybridized carbons (Fsp3) is 0.240. The summed E-state index contributed by atoms with van der Waals surface area (Å²) in [6, 6.07) is 24.6. The predicted octanol–water partition coefficient (Wildman–Crippen LogP) is 6.83. The smallest absolute Gasteiger partial charge is 0.205 e. The quantitative estimate of drug-likeness (QED) is 0.393. The van der Waals surface area contributed by atoms with Crippen LogP contribution in [0.1, 0.15) is 17.5 Å². The molecular formula is C25H23Cl2N3. The normalized spacial score (nSPS) is 16.4. The molecule has 3 aromatic carbocycles. The number of nitrogens with zero attached hydrogens (tertiary/aromatic N) is 3. The zero-order valence-corrected chi connectivity index (χ0v) is 18.2. The van der Waals surface area contributed by atoms with Crippen molar-refractivity contribution in [2.45, 2.75) is 25.6 Å². The maximum Gasteiger partial charge on any atom is 0.205 e. The summed E-state index contributed by atoms with van der Waals surface area (Å²) in [5, 5.41) is 1.26. The number of benzene rings is 3. The van der Waals surface area contributed by atoms with Crippen LogP contribution in [-0.4, -0.2) is 24.0 Å². The Labute approximate surface area is 188 Å². The second kappa shape index (κ2) is 9.53. The zero-order chi connectivity index (χ0) is 20.9. The van der Waals surface area contributed by atoms with E-state index in [1.54, 1.807) is 6.07 Å². The van der Waals surface area contributed by atoms with Crippen molar-refractivity contribution in [3.8, 4) is 0 Å². The van der Waals surface area contributed by atoms with Crippen LogP contribution in [0.3, 0.4) is 0 Å². The molecule has 0 unspecified atom stereocenters. The molecule has 1 heterocycles. The van der Waals surface area contributed by atoms with Crippen molar-refractivity contribution < 1.29 is 0 Å². The van der Waals surface area contributed by atoms with E-state index < -0.39 is 0 Å². The van der Waals surface area contributed by atoms with Crippen LogP contribution in [0.4, 0.5) is 11.4 Å². The molecule has 0 bridgehead atoms. The van der Waals surface area contributed by atoms with Crippen LogP contribution in [0.2, 0.25) is 10.0 Å². The highest BCUT2D eigenvalue weighted by atomic mass is 35.5. The molecular weight excluding hydrogens is 413 g/mol. The van der Waals surface area contributed by atoms with Gasteiger partial charge in [0.15, 0.2) is 0 Å². The molecule has 1 aliphatic rings. The van der Waals surface area contributed by atoms with Crippen molar-refractivity contribution in [2.75, 3.05) is 18.0 Å². The van der Waals surface area contributed by atoms with Crippen LogP contribution in [0.15, 0.2) is 72.8 Å². The summed E-state index contributed by atoms with van der Waals surface area (Å²) in [6.07, 6.45) is 1.07. The molecule has 1 aliphatic heterocycles. The highest BCUT2D eigenvalue weighted by molar-refractivity contribution is 6.33. The molecule has 0 spiro atoms. The summed E-state index contributed by atoms with van der Waals surface area (Å²) in [4.78, 5) is 8.37. The van der Waals surface area contributed by atoms with Crippen molar-refractivity contribution in [1.29, 1.82) is 0 Å². The largest absolute Gasteiger partial charge is 0.363 e. The molecule has 3 nitrogen and oxygen atoms in total. The lowest BCUT2D eigenvalue weighted by molar-refractivity contribution is 0.325. The summed E-state index contributed by atoms with van der Waals surface area (Å²) in [7, 11) is 0. The van der Waals surface area contributed by atoms with Gasteiger partial charge in [0, 0.05) is 48.0 Å². The van der Waals surface area contributed by atoms with Crippen molar-refractivity contribution >= 4 is 34.6 Å². The number of halogens is 2. The van der Waals surface area contributed by atoms with Crippen molar-refractivity contribution in [3.05, 3.63) is 105 Å². The Morgan fingerprint density at radius 3 is 2.47 bits per heavy atom. The summed E-state index contributed by atoms with van der Waals surface area (Å²) >= 11 is 12.8. The fourth-order valence-electron chi connectivity index (χ4n) is 4.06. The molecule has 4 rings (SSSR count). The van der Waals surface area contributed by atoms with E-state index in [2.05, 4.69) is 51.0 Å². The average molecular weight is 436 g/mol. The molecule has 152 valence electrons. The van der Waals surface area contributed by atoms with Crippen molar-refractivity contribution in [3.63, 3.8) is 0 Å². The van der Waals surface area contributed by atoms with E-state index in [1.807, 2.05) is 30.3 Å². The molecule has 30 heavy (non-hydrogen) atoms. The lowest BCUT2D eigenvalue weighted by Crippen LogP contribution is -2.37. The topological polar surface area (TPSA) is 10.8 Å². The number of anilines is 1. The van der Waals surface area contributed by atoms with Crippen LogP contribution in [0.25, 0.3) is 4.85 Å². The van der Waals surface area contributed by atoms with Gasteiger partial charge < -0.3 is 4.90 Å². The Bertz CT molecular complexity index is 1050. The van der Waals surface area contributed by atoms with E-state index in [4.69, 9.17) is 29.8 Å². The van der Waals surface area contributed by atoms with E-state index in [9.17, 15) is 0 Å². The Kier molecular flexibility index (Phi) is 6.59. The summed E-state index contributed by atoms with van der Waals surface area (Å²) in [5.74, 6) is 0. The first-order valence-electron chi connectivity index (χ1n) is 10.1. The Morgan fingerprint density at radius 1 is 0.967 bits per heavy atom. The van der Waals surface area contributed by atoms with Gasteiger partial charge in [-0.1, -0.05) is 77.8 Å². The molecule has 5 heteroatoms. The molecule has 1 fully saturated rings. The van der Waals surface area contributed by atoms with Crippen LogP contribution < -0.4 is 4.90 Å². The minimum atomic E-state index is 0.347. The van der Waals surface area contributed by atoms with Crippen molar-refractivity contribution in [1.82, 2.24) is 4.90 Å². The maximum atomic E-state index is 7.27. The van der Waals surface area contributed by atoms with Gasteiger partial charge in [-0.15, -0.1) is 0 Å². The Balaban J connectivity index is 1.58. The van der Waals surface area contributed by atoms with E-state index >= 15 is 0 Å². The van der Waals surface area contributed by atoms with Gasteiger partial charge in [0.05, 0.1) is 6.57 Å². The summed E-state index contributed by atoms with van der Waals surface area (Å²) in [5.41, 5.74) is 3.93. The van der Waals surface area contributed by atoms with Gasteiger partial charge in [-0.3, -0.25) is 4.90 Å². The minimum absolute atomic E-state index is 0.347. The molecule has 1 atom stereocenters. The van der Waals surface area contributed by atoms with Gasteiger partial charge in [-0.25, -0.2) is 4.85 Å². The number of hydrogen-bond acceptors (Lipinski definition) is 2. The van der Waals surface area contributed by atoms with E-state index in [0.29, 0.717) is 23.3 Å². The van der Waals surface area contributed by atoms with Crippen LogP contribution in [-0.2, 0) is 13.1 Å². The predicted molar refractivity (Wildman–Crippen MR) is 125 cm³/mol. The van der Waals surface area contributed by atoms with Gasteiger partial charge >= 0.3 is 0 Å². The number of hydrogen-bond donors (Lipinski definition) is 0. The average Bonchev–Trinajstić information content (AvgIpc) is 3.22. The summed E-state index contributed by atoms with van der Waals surface area (Å²) in [6.45, 7) is 11.0.